The minimum absolute atomic E-state index is 0.00366. The summed E-state index contributed by atoms with van der Waals surface area (Å²) in [5.74, 6) is -2.99. The molecule has 3 heterocycles. The first-order valence-electron chi connectivity index (χ1n) is 16.6. The number of halogens is 3. The number of pyridine rings is 1. The molecule has 1 fully saturated rings. The van der Waals surface area contributed by atoms with Gasteiger partial charge in [0.05, 0.1) is 70.7 Å². The lowest BCUT2D eigenvalue weighted by Gasteiger charge is -2.18. The van der Waals surface area contributed by atoms with Crippen LogP contribution in [0.2, 0.25) is 0 Å². The minimum Gasteiger partial charge on any atom is -0.491 e. The summed E-state index contributed by atoms with van der Waals surface area (Å²) >= 11 is 0. The molecule has 1 aliphatic heterocycles. The number of aromatic amines is 1. The third-order valence-electron chi connectivity index (χ3n) is 8.00. The molecular formula is C35H41F3N4O9S. The number of fused-ring (bicyclic) bond motifs is 1. The van der Waals surface area contributed by atoms with Crippen molar-refractivity contribution in [1.82, 2.24) is 14.3 Å². The molecule has 1 aliphatic rings. The Morgan fingerprint density at radius 2 is 1.54 bits per heavy atom. The highest BCUT2D eigenvalue weighted by Gasteiger charge is 2.33. The Balaban J connectivity index is 1.12. The third kappa shape index (κ3) is 10.5. The number of ether oxygens (including phenoxy) is 6. The molecule has 0 spiro atoms. The zero-order chi connectivity index (χ0) is 36.9. The second-order valence-corrected chi connectivity index (χ2v) is 13.3. The molecule has 0 aliphatic carbocycles. The van der Waals surface area contributed by atoms with Gasteiger partial charge >= 0.3 is 10.2 Å². The molecule has 0 bridgehead atoms. The summed E-state index contributed by atoms with van der Waals surface area (Å²) in [5.41, 5.74) is 0.00952. The molecule has 0 amide bonds. The maximum absolute atomic E-state index is 15.6. The van der Waals surface area contributed by atoms with E-state index < -0.39 is 45.0 Å². The van der Waals surface area contributed by atoms with Crippen LogP contribution in [-0.2, 0) is 33.9 Å². The van der Waals surface area contributed by atoms with E-state index in [1.807, 2.05) is 4.72 Å². The van der Waals surface area contributed by atoms with Crippen LogP contribution >= 0.6 is 0 Å². The first-order valence-corrected chi connectivity index (χ1v) is 18.1. The van der Waals surface area contributed by atoms with E-state index in [9.17, 15) is 22.0 Å². The largest absolute Gasteiger partial charge is 0.491 e. The Labute approximate surface area is 299 Å². The fourth-order valence-corrected chi connectivity index (χ4v) is 6.57. The van der Waals surface area contributed by atoms with Crippen molar-refractivity contribution in [2.75, 3.05) is 91.0 Å². The second-order valence-electron chi connectivity index (χ2n) is 11.6. The van der Waals surface area contributed by atoms with Crippen LogP contribution in [-0.4, -0.2) is 121 Å². The topological polar surface area (TPSA) is 151 Å². The number of ketones is 1. The van der Waals surface area contributed by atoms with E-state index in [1.54, 1.807) is 43.6 Å². The molecule has 4 aromatic rings. The van der Waals surface area contributed by atoms with Crippen LogP contribution in [0.25, 0.3) is 22.2 Å². The summed E-state index contributed by atoms with van der Waals surface area (Å²) in [6, 6.07) is 10.5. The number of aromatic nitrogens is 2. The molecule has 52 heavy (non-hydrogen) atoms. The Morgan fingerprint density at radius 3 is 2.15 bits per heavy atom. The predicted molar refractivity (Wildman–Crippen MR) is 186 cm³/mol. The van der Waals surface area contributed by atoms with Crippen molar-refractivity contribution in [2.24, 2.45) is 0 Å². The molecule has 1 saturated heterocycles. The zero-order valence-corrected chi connectivity index (χ0v) is 29.4. The third-order valence-corrected chi connectivity index (χ3v) is 9.49. The number of alkyl halides is 1. The van der Waals surface area contributed by atoms with Gasteiger partial charge in [0.25, 0.3) is 0 Å². The van der Waals surface area contributed by atoms with Crippen molar-refractivity contribution in [3.63, 3.8) is 0 Å². The van der Waals surface area contributed by atoms with Crippen molar-refractivity contribution in [3.8, 4) is 16.9 Å². The number of methoxy groups -OCH3 is 1. The summed E-state index contributed by atoms with van der Waals surface area (Å²) in [6.45, 7) is 4.04. The van der Waals surface area contributed by atoms with Crippen LogP contribution in [0.4, 0.5) is 18.9 Å². The van der Waals surface area contributed by atoms with E-state index in [4.69, 9.17) is 28.4 Å². The fraction of sp³-hybridized carbons (Fsp3) is 0.429. The normalized spacial score (nSPS) is 15.0. The zero-order valence-electron chi connectivity index (χ0n) is 28.6. The molecule has 2 aromatic heterocycles. The quantitative estimate of drug-likeness (QED) is 0.0867. The van der Waals surface area contributed by atoms with Crippen molar-refractivity contribution in [1.29, 1.82) is 0 Å². The number of hydrogen-bond acceptors (Lipinski definition) is 10. The van der Waals surface area contributed by atoms with Crippen LogP contribution in [0.1, 0.15) is 22.3 Å². The number of hydrogen-bond donors (Lipinski definition) is 2. The highest BCUT2D eigenvalue weighted by Crippen LogP contribution is 2.31. The Hall–Kier alpha value is -4.10. The number of benzene rings is 2. The molecule has 0 unspecified atom stereocenters. The average molecular weight is 751 g/mol. The first kappa shape index (κ1) is 39.1. The lowest BCUT2D eigenvalue weighted by atomic mass is 10.00. The van der Waals surface area contributed by atoms with E-state index >= 15 is 4.39 Å². The van der Waals surface area contributed by atoms with Crippen LogP contribution < -0.4 is 9.46 Å². The lowest BCUT2D eigenvalue weighted by Crippen LogP contribution is -2.34. The maximum atomic E-state index is 15.6. The number of rotatable bonds is 22. The van der Waals surface area contributed by atoms with E-state index in [1.165, 1.54) is 6.20 Å². The predicted octanol–water partition coefficient (Wildman–Crippen LogP) is 4.53. The van der Waals surface area contributed by atoms with Gasteiger partial charge in [-0.25, -0.2) is 18.2 Å². The van der Waals surface area contributed by atoms with Gasteiger partial charge in [0.1, 0.15) is 30.0 Å². The number of carbonyl (C=O) groups excluding carboxylic acids is 1. The second kappa shape index (κ2) is 19.1. The summed E-state index contributed by atoms with van der Waals surface area (Å²) in [5, 5.41) is 0.302. The van der Waals surface area contributed by atoms with Crippen LogP contribution in [0.15, 0.2) is 54.9 Å². The number of nitrogens with one attached hydrogen (secondary N) is 2. The fourth-order valence-electron chi connectivity index (χ4n) is 5.30. The molecule has 2 aromatic carbocycles. The summed E-state index contributed by atoms with van der Waals surface area (Å²) in [7, 11) is -2.72. The average Bonchev–Trinajstić information content (AvgIpc) is 3.78. The molecule has 5 rings (SSSR count). The van der Waals surface area contributed by atoms with Gasteiger partial charge < -0.3 is 33.4 Å². The summed E-state index contributed by atoms with van der Waals surface area (Å²) in [4.78, 5) is 20.7. The number of nitrogens with zero attached hydrogens (tertiary/aromatic N) is 2. The molecule has 0 saturated carbocycles. The van der Waals surface area contributed by atoms with Crippen molar-refractivity contribution < 1.29 is 54.8 Å². The Bertz CT molecular complexity index is 1880. The van der Waals surface area contributed by atoms with Crippen molar-refractivity contribution in [3.05, 3.63) is 77.6 Å². The maximum Gasteiger partial charge on any atom is 0.301 e. The Kier molecular flexibility index (Phi) is 14.4. The van der Waals surface area contributed by atoms with Crippen molar-refractivity contribution in [2.45, 2.75) is 12.6 Å². The lowest BCUT2D eigenvalue weighted by molar-refractivity contribution is -0.00978. The van der Waals surface area contributed by atoms with E-state index in [2.05, 4.69) is 9.97 Å². The minimum atomic E-state index is -4.34. The van der Waals surface area contributed by atoms with Crippen LogP contribution in [0, 0.1) is 11.6 Å². The summed E-state index contributed by atoms with van der Waals surface area (Å²) in [6.07, 6.45) is 1.53. The molecule has 0 radical (unpaired) electrons. The standard InChI is InChI=1S/C35H41F3N4O9S/c1-46-10-11-47-12-13-48-14-15-49-16-17-50-18-19-51-27-4-2-24(3-5-27)25-20-28-29(22-40-35(28)39-21-25)34(43)32-30(37)6-7-31(33(32)38)41-52(44,45)42-9-8-26(36)23-42/h2-7,20-22,26,41H,8-19,23H2,1H3,(H,39,40)/t26-/m1/s1. The van der Waals surface area contributed by atoms with Gasteiger partial charge in [0.15, 0.2) is 5.82 Å². The number of carbonyl (C=O) groups is 1. The van der Waals surface area contributed by atoms with Crippen LogP contribution in [0.3, 0.4) is 0 Å². The SMILES string of the molecule is COCCOCCOCCOCCOCCOc1ccc(-c2cnc3[nH]cc(C(=O)c4c(F)ccc(NS(=O)(=O)N5CC[C@@H](F)C5)c4F)c3c2)cc1. The molecule has 282 valence electrons. The number of anilines is 1. The monoisotopic (exact) mass is 750 g/mol. The Morgan fingerprint density at radius 1 is 0.904 bits per heavy atom. The highest BCUT2D eigenvalue weighted by atomic mass is 32.2. The molecule has 1 atom stereocenters. The molecule has 13 nitrogen and oxygen atoms in total. The van der Waals surface area contributed by atoms with E-state index in [0.717, 1.165) is 22.0 Å². The molecular weight excluding hydrogens is 709 g/mol. The van der Waals surface area contributed by atoms with Gasteiger partial charge in [-0.15, -0.1) is 0 Å². The van der Waals surface area contributed by atoms with Gasteiger partial charge in [-0.3, -0.25) is 9.52 Å². The van der Waals surface area contributed by atoms with E-state index in [-0.39, 0.29) is 25.1 Å². The summed E-state index contributed by atoms with van der Waals surface area (Å²) < 4.78 is 105. The van der Waals surface area contributed by atoms with Gasteiger partial charge in [-0.2, -0.15) is 12.7 Å². The van der Waals surface area contributed by atoms with E-state index in [0.29, 0.717) is 88.4 Å². The van der Waals surface area contributed by atoms with Gasteiger partial charge in [0.2, 0.25) is 5.78 Å². The molecule has 17 heteroatoms. The van der Waals surface area contributed by atoms with Gasteiger partial charge in [-0.1, -0.05) is 12.1 Å². The van der Waals surface area contributed by atoms with Crippen molar-refractivity contribution >= 4 is 32.7 Å². The van der Waals surface area contributed by atoms with Gasteiger partial charge in [0, 0.05) is 49.1 Å². The first-order chi connectivity index (χ1) is 25.2. The smallest absolute Gasteiger partial charge is 0.301 e. The number of H-pyrrole nitrogens is 1. The van der Waals surface area contributed by atoms with Crippen LogP contribution in [0.5, 0.6) is 5.75 Å². The highest BCUT2D eigenvalue weighted by molar-refractivity contribution is 7.90. The molecule has 2 N–H and O–H groups in total. The van der Waals surface area contributed by atoms with Gasteiger partial charge in [-0.05, 0) is 42.3 Å².